The van der Waals surface area contributed by atoms with Crippen molar-refractivity contribution in [2.75, 3.05) is 16.0 Å². The first kappa shape index (κ1) is 19.2. The minimum absolute atomic E-state index is 0.0314. The van der Waals surface area contributed by atoms with Gasteiger partial charge < -0.3 is 16.0 Å². The van der Waals surface area contributed by atoms with E-state index in [1.165, 1.54) is 6.92 Å². The molecule has 0 radical (unpaired) electrons. The first-order valence-electron chi connectivity index (χ1n) is 8.42. The molecule has 0 aromatic heterocycles. The van der Waals surface area contributed by atoms with Gasteiger partial charge in [-0.25, -0.2) is 0 Å². The van der Waals surface area contributed by atoms with Crippen molar-refractivity contribution in [2.45, 2.75) is 27.2 Å². The Morgan fingerprint density at radius 1 is 0.769 bits per heavy atom. The second-order valence-electron chi connectivity index (χ2n) is 6.44. The van der Waals surface area contributed by atoms with Crippen molar-refractivity contribution in [1.29, 1.82) is 0 Å². The molecule has 0 aliphatic rings. The van der Waals surface area contributed by atoms with Crippen LogP contribution >= 0.6 is 0 Å². The van der Waals surface area contributed by atoms with Gasteiger partial charge in [0, 0.05) is 36.0 Å². The van der Waals surface area contributed by atoms with Crippen molar-refractivity contribution < 1.29 is 14.4 Å². The zero-order chi connectivity index (χ0) is 19.1. The summed E-state index contributed by atoms with van der Waals surface area (Å²) in [7, 11) is 0. The van der Waals surface area contributed by atoms with Crippen LogP contribution in [-0.4, -0.2) is 17.7 Å². The lowest BCUT2D eigenvalue weighted by atomic mass is 10.1. The molecule has 0 spiro atoms. The van der Waals surface area contributed by atoms with Gasteiger partial charge in [-0.1, -0.05) is 13.8 Å². The van der Waals surface area contributed by atoms with E-state index >= 15 is 0 Å². The maximum Gasteiger partial charge on any atom is 0.255 e. The van der Waals surface area contributed by atoms with E-state index in [9.17, 15) is 14.4 Å². The highest BCUT2D eigenvalue weighted by molar-refractivity contribution is 6.04. The first-order valence-corrected chi connectivity index (χ1v) is 8.42. The number of amides is 3. The Kier molecular flexibility index (Phi) is 6.49. The molecule has 2 aromatic carbocycles. The maximum absolute atomic E-state index is 12.3. The summed E-state index contributed by atoms with van der Waals surface area (Å²) in [6.45, 7) is 5.40. The molecule has 0 saturated carbocycles. The van der Waals surface area contributed by atoms with Gasteiger partial charge in [-0.2, -0.15) is 0 Å². The molecule has 136 valence electrons. The van der Waals surface area contributed by atoms with Crippen LogP contribution in [0.25, 0.3) is 0 Å². The highest BCUT2D eigenvalue weighted by atomic mass is 16.2. The third-order valence-electron chi connectivity index (χ3n) is 3.49. The predicted octanol–water partition coefficient (Wildman–Crippen LogP) is 3.88. The highest BCUT2D eigenvalue weighted by Crippen LogP contribution is 2.16. The van der Waals surface area contributed by atoms with Crippen molar-refractivity contribution >= 4 is 34.8 Å². The Morgan fingerprint density at radius 2 is 1.23 bits per heavy atom. The Balaban J connectivity index is 1.94. The van der Waals surface area contributed by atoms with Crippen LogP contribution in [0.15, 0.2) is 48.5 Å². The summed E-state index contributed by atoms with van der Waals surface area (Å²) in [5, 5.41) is 8.26. The van der Waals surface area contributed by atoms with Gasteiger partial charge in [0.2, 0.25) is 11.8 Å². The van der Waals surface area contributed by atoms with Crippen molar-refractivity contribution in [3.63, 3.8) is 0 Å². The van der Waals surface area contributed by atoms with E-state index in [2.05, 4.69) is 16.0 Å². The topological polar surface area (TPSA) is 87.3 Å². The molecule has 0 fully saturated rings. The summed E-state index contributed by atoms with van der Waals surface area (Å²) in [5.74, 6) is -0.152. The van der Waals surface area contributed by atoms with Gasteiger partial charge in [-0.05, 0) is 54.4 Å². The quantitative estimate of drug-likeness (QED) is 0.736. The van der Waals surface area contributed by atoms with E-state index in [-0.39, 0.29) is 17.7 Å². The van der Waals surface area contributed by atoms with Gasteiger partial charge in [0.1, 0.15) is 0 Å². The molecule has 0 heterocycles. The summed E-state index contributed by atoms with van der Waals surface area (Å²) >= 11 is 0. The highest BCUT2D eigenvalue weighted by Gasteiger charge is 2.08. The summed E-state index contributed by atoms with van der Waals surface area (Å²) in [6.07, 6.45) is 0.465. The normalized spacial score (nSPS) is 10.3. The molecule has 0 unspecified atom stereocenters. The molecular weight excluding hydrogens is 330 g/mol. The van der Waals surface area contributed by atoms with Crippen molar-refractivity contribution in [3.8, 4) is 0 Å². The van der Waals surface area contributed by atoms with Crippen LogP contribution in [0.1, 0.15) is 37.6 Å². The van der Waals surface area contributed by atoms with Crippen LogP contribution in [0.2, 0.25) is 0 Å². The zero-order valence-corrected chi connectivity index (χ0v) is 15.1. The van der Waals surface area contributed by atoms with Gasteiger partial charge >= 0.3 is 0 Å². The predicted molar refractivity (Wildman–Crippen MR) is 103 cm³/mol. The van der Waals surface area contributed by atoms with E-state index in [4.69, 9.17) is 0 Å². The van der Waals surface area contributed by atoms with Crippen LogP contribution in [0, 0.1) is 5.92 Å². The number of carbonyl (C=O) groups is 3. The average molecular weight is 353 g/mol. The zero-order valence-electron chi connectivity index (χ0n) is 15.1. The number of carbonyl (C=O) groups excluding carboxylic acids is 3. The second kappa shape index (κ2) is 8.80. The first-order chi connectivity index (χ1) is 12.3. The average Bonchev–Trinajstić information content (AvgIpc) is 2.56. The van der Waals surface area contributed by atoms with E-state index in [0.29, 0.717) is 35.0 Å². The Labute approximate surface area is 153 Å². The summed E-state index contributed by atoms with van der Waals surface area (Å²) < 4.78 is 0. The maximum atomic E-state index is 12.3. The van der Waals surface area contributed by atoms with Crippen molar-refractivity contribution in [3.05, 3.63) is 54.1 Å². The van der Waals surface area contributed by atoms with E-state index in [1.54, 1.807) is 48.5 Å². The van der Waals surface area contributed by atoms with Crippen LogP contribution in [-0.2, 0) is 9.59 Å². The van der Waals surface area contributed by atoms with Crippen molar-refractivity contribution in [2.24, 2.45) is 5.92 Å². The molecule has 6 heteroatoms. The second-order valence-corrected chi connectivity index (χ2v) is 6.44. The van der Waals surface area contributed by atoms with Crippen LogP contribution in [0.3, 0.4) is 0 Å². The number of rotatable bonds is 6. The van der Waals surface area contributed by atoms with E-state index in [0.717, 1.165) is 0 Å². The lowest BCUT2D eigenvalue weighted by Crippen LogP contribution is -2.14. The van der Waals surface area contributed by atoms with E-state index in [1.807, 2.05) is 13.8 Å². The SMILES string of the molecule is CC(=O)Nc1ccc(C(=O)Nc2ccc(NC(=O)CC(C)C)cc2)cc1. The molecular formula is C20H23N3O3. The molecule has 3 N–H and O–H groups in total. The van der Waals surface area contributed by atoms with Crippen LogP contribution in [0.5, 0.6) is 0 Å². The Morgan fingerprint density at radius 3 is 1.73 bits per heavy atom. The molecule has 0 saturated heterocycles. The smallest absolute Gasteiger partial charge is 0.255 e. The number of benzene rings is 2. The minimum Gasteiger partial charge on any atom is -0.326 e. The van der Waals surface area contributed by atoms with Crippen LogP contribution < -0.4 is 16.0 Å². The van der Waals surface area contributed by atoms with Gasteiger partial charge in [-0.15, -0.1) is 0 Å². The van der Waals surface area contributed by atoms with Gasteiger partial charge in [0.05, 0.1) is 0 Å². The fraction of sp³-hybridized carbons (Fsp3) is 0.250. The molecule has 0 aliphatic carbocycles. The number of hydrogen-bond acceptors (Lipinski definition) is 3. The molecule has 0 aliphatic heterocycles. The molecule has 0 atom stereocenters. The third kappa shape index (κ3) is 6.05. The molecule has 6 nitrogen and oxygen atoms in total. The Bertz CT molecular complexity index is 781. The summed E-state index contributed by atoms with van der Waals surface area (Å²) in [4.78, 5) is 35.0. The molecule has 2 rings (SSSR count). The fourth-order valence-electron chi connectivity index (χ4n) is 2.33. The molecule has 2 aromatic rings. The molecule has 0 bridgehead atoms. The molecule has 26 heavy (non-hydrogen) atoms. The lowest BCUT2D eigenvalue weighted by Gasteiger charge is -2.09. The summed E-state index contributed by atoms with van der Waals surface area (Å²) in [5.41, 5.74) is 2.43. The molecule has 3 amide bonds. The summed E-state index contributed by atoms with van der Waals surface area (Å²) in [6, 6.07) is 13.6. The van der Waals surface area contributed by atoms with Gasteiger partial charge in [0.25, 0.3) is 5.91 Å². The standard InChI is InChI=1S/C20H23N3O3/c1-13(2)12-19(25)22-17-8-10-18(11-9-17)23-20(26)15-4-6-16(7-5-15)21-14(3)24/h4-11,13H,12H2,1-3H3,(H,21,24)(H,22,25)(H,23,26). The number of anilines is 3. The number of hydrogen-bond donors (Lipinski definition) is 3. The number of nitrogens with one attached hydrogen (secondary N) is 3. The van der Waals surface area contributed by atoms with Gasteiger partial charge in [-0.3, -0.25) is 14.4 Å². The fourth-order valence-corrected chi connectivity index (χ4v) is 2.33. The largest absolute Gasteiger partial charge is 0.326 e. The van der Waals surface area contributed by atoms with Gasteiger partial charge in [0.15, 0.2) is 0 Å². The monoisotopic (exact) mass is 353 g/mol. The Hall–Kier alpha value is -3.15. The van der Waals surface area contributed by atoms with Crippen LogP contribution in [0.4, 0.5) is 17.1 Å². The van der Waals surface area contributed by atoms with Crippen molar-refractivity contribution in [1.82, 2.24) is 0 Å². The third-order valence-corrected chi connectivity index (χ3v) is 3.49. The lowest BCUT2D eigenvalue weighted by molar-refractivity contribution is -0.117. The minimum atomic E-state index is -0.254. The van der Waals surface area contributed by atoms with E-state index < -0.39 is 0 Å².